The number of aromatic hydroxyl groups is 1. The fourth-order valence-electron chi connectivity index (χ4n) is 4.08. The summed E-state index contributed by atoms with van der Waals surface area (Å²) in [6.45, 7) is 3.80. The molecule has 0 radical (unpaired) electrons. The molecule has 0 spiro atoms. The molecule has 3 aromatic rings. The number of phenolic OH excluding ortho intramolecular Hbond substituents is 1. The van der Waals surface area contributed by atoms with Crippen LogP contribution >= 0.6 is 0 Å². The molecule has 1 aliphatic heterocycles. The number of carboxylic acid groups (broad SMARTS) is 1. The molecule has 1 heterocycles. The van der Waals surface area contributed by atoms with Crippen LogP contribution in [0.1, 0.15) is 45.5 Å². The van der Waals surface area contributed by atoms with Crippen molar-refractivity contribution >= 4 is 23.3 Å². The van der Waals surface area contributed by atoms with Crippen LogP contribution in [0.25, 0.3) is 11.1 Å². The van der Waals surface area contributed by atoms with Gasteiger partial charge >= 0.3 is 5.97 Å². The molecule has 32 heavy (non-hydrogen) atoms. The molecular weight excluding hydrogens is 404 g/mol. The molecule has 1 fully saturated rings. The van der Waals surface area contributed by atoms with Crippen molar-refractivity contribution in [2.24, 2.45) is 0 Å². The maximum atomic E-state index is 13.1. The molecule has 1 amide bonds. The molecule has 0 aliphatic carbocycles. The molecule has 0 bridgehead atoms. The molecule has 3 N–H and O–H groups in total. The number of carbonyl (C=O) groups excluding carboxylic acids is 1. The first-order chi connectivity index (χ1) is 15.4. The third kappa shape index (κ3) is 4.59. The largest absolute Gasteiger partial charge is 0.507 e. The summed E-state index contributed by atoms with van der Waals surface area (Å²) in [4.78, 5) is 27.0. The highest BCUT2D eigenvalue weighted by Gasteiger charge is 2.19. The zero-order chi connectivity index (χ0) is 22.7. The van der Waals surface area contributed by atoms with Crippen molar-refractivity contribution < 1.29 is 19.8 Å². The Balaban J connectivity index is 1.66. The molecule has 164 valence electrons. The lowest BCUT2D eigenvalue weighted by atomic mass is 10.0. The van der Waals surface area contributed by atoms with Crippen molar-refractivity contribution in [3.8, 4) is 16.9 Å². The van der Waals surface area contributed by atoms with E-state index in [2.05, 4.69) is 10.2 Å². The molecule has 3 aromatic carbocycles. The third-order valence-electron chi connectivity index (χ3n) is 5.80. The van der Waals surface area contributed by atoms with E-state index in [1.54, 1.807) is 24.3 Å². The van der Waals surface area contributed by atoms with E-state index in [-0.39, 0.29) is 22.6 Å². The molecule has 4 rings (SSSR count). The SMILES string of the molecule is Cc1cccc(-c2ccc(C(=O)O)c(NC(=O)c3cc(N4CCCCC4)ccc3O)c2)c1. The van der Waals surface area contributed by atoms with Gasteiger partial charge < -0.3 is 20.4 Å². The van der Waals surface area contributed by atoms with Gasteiger partial charge in [-0.15, -0.1) is 0 Å². The number of carbonyl (C=O) groups is 2. The Kier molecular flexibility index (Phi) is 6.12. The van der Waals surface area contributed by atoms with Crippen LogP contribution in [0.4, 0.5) is 11.4 Å². The standard InChI is InChI=1S/C26H26N2O4/c1-17-6-5-7-18(14-17)19-8-10-21(26(31)32)23(15-19)27-25(30)22-16-20(9-11-24(22)29)28-12-3-2-4-13-28/h5-11,14-16,29H,2-4,12-13H2,1H3,(H,27,30)(H,31,32). The Morgan fingerprint density at radius 3 is 2.34 bits per heavy atom. The molecule has 6 nitrogen and oxygen atoms in total. The average Bonchev–Trinajstić information content (AvgIpc) is 2.79. The van der Waals surface area contributed by atoms with Gasteiger partial charge in [0.15, 0.2) is 0 Å². The number of amides is 1. The lowest BCUT2D eigenvalue weighted by Gasteiger charge is -2.29. The van der Waals surface area contributed by atoms with Gasteiger partial charge in [0.2, 0.25) is 0 Å². The van der Waals surface area contributed by atoms with E-state index >= 15 is 0 Å². The van der Waals surface area contributed by atoms with Crippen LogP contribution in [0.5, 0.6) is 5.75 Å². The van der Waals surface area contributed by atoms with Gasteiger partial charge in [-0.2, -0.15) is 0 Å². The first-order valence-electron chi connectivity index (χ1n) is 10.8. The minimum absolute atomic E-state index is 0.0126. The van der Waals surface area contributed by atoms with Gasteiger partial charge in [-0.25, -0.2) is 4.79 Å². The van der Waals surface area contributed by atoms with Crippen LogP contribution < -0.4 is 10.2 Å². The predicted molar refractivity (Wildman–Crippen MR) is 126 cm³/mol. The number of benzene rings is 3. The van der Waals surface area contributed by atoms with E-state index in [1.807, 2.05) is 31.2 Å². The third-order valence-corrected chi connectivity index (χ3v) is 5.80. The Morgan fingerprint density at radius 1 is 0.875 bits per heavy atom. The van der Waals surface area contributed by atoms with E-state index < -0.39 is 11.9 Å². The van der Waals surface area contributed by atoms with Gasteiger partial charge in [0.1, 0.15) is 5.75 Å². The number of anilines is 2. The normalized spacial score (nSPS) is 13.6. The first-order valence-corrected chi connectivity index (χ1v) is 10.8. The number of hydrogen-bond donors (Lipinski definition) is 3. The van der Waals surface area contributed by atoms with Gasteiger partial charge in [-0.1, -0.05) is 35.9 Å². The number of nitrogens with one attached hydrogen (secondary N) is 1. The quantitative estimate of drug-likeness (QED) is 0.510. The molecule has 6 heteroatoms. The van der Waals surface area contributed by atoms with Crippen LogP contribution in [-0.4, -0.2) is 35.2 Å². The Morgan fingerprint density at radius 2 is 1.62 bits per heavy atom. The number of aromatic carboxylic acids is 1. The summed E-state index contributed by atoms with van der Waals surface area (Å²) in [5, 5.41) is 22.6. The van der Waals surface area contributed by atoms with Crippen LogP contribution in [-0.2, 0) is 0 Å². The van der Waals surface area contributed by atoms with Crippen molar-refractivity contribution in [3.05, 3.63) is 77.4 Å². The first kappa shape index (κ1) is 21.4. The molecule has 0 unspecified atom stereocenters. The molecule has 0 aromatic heterocycles. The highest BCUT2D eigenvalue weighted by atomic mass is 16.4. The van der Waals surface area contributed by atoms with Crippen LogP contribution in [0, 0.1) is 6.92 Å². The number of phenols is 1. The number of rotatable bonds is 5. The second kappa shape index (κ2) is 9.14. The van der Waals surface area contributed by atoms with Crippen molar-refractivity contribution in [2.45, 2.75) is 26.2 Å². The van der Waals surface area contributed by atoms with E-state index in [0.29, 0.717) is 0 Å². The smallest absolute Gasteiger partial charge is 0.337 e. The van der Waals surface area contributed by atoms with E-state index in [9.17, 15) is 19.8 Å². The van der Waals surface area contributed by atoms with Crippen molar-refractivity contribution in [3.63, 3.8) is 0 Å². The summed E-state index contributed by atoms with van der Waals surface area (Å²) in [7, 11) is 0. The van der Waals surface area contributed by atoms with Crippen LogP contribution in [0.3, 0.4) is 0 Å². The van der Waals surface area contributed by atoms with Gasteiger partial charge in [-0.05, 0) is 67.6 Å². The zero-order valence-corrected chi connectivity index (χ0v) is 18.0. The fourth-order valence-corrected chi connectivity index (χ4v) is 4.08. The molecule has 0 saturated carbocycles. The van der Waals surface area contributed by atoms with Gasteiger partial charge in [0.25, 0.3) is 5.91 Å². The summed E-state index contributed by atoms with van der Waals surface area (Å²) in [6.07, 6.45) is 3.38. The number of hydrogen-bond acceptors (Lipinski definition) is 4. The van der Waals surface area contributed by atoms with Gasteiger partial charge in [0.05, 0.1) is 16.8 Å². The lowest BCUT2D eigenvalue weighted by Crippen LogP contribution is -2.29. The summed E-state index contributed by atoms with van der Waals surface area (Å²) in [5.74, 6) is -1.83. The van der Waals surface area contributed by atoms with Gasteiger partial charge in [0, 0.05) is 18.8 Å². The molecule has 1 aliphatic rings. The van der Waals surface area contributed by atoms with Gasteiger partial charge in [-0.3, -0.25) is 4.79 Å². The highest BCUT2D eigenvalue weighted by Crippen LogP contribution is 2.30. The van der Waals surface area contributed by atoms with Crippen molar-refractivity contribution in [2.75, 3.05) is 23.3 Å². The zero-order valence-electron chi connectivity index (χ0n) is 18.0. The minimum atomic E-state index is -1.14. The summed E-state index contributed by atoms with van der Waals surface area (Å²) in [6, 6.07) is 17.7. The van der Waals surface area contributed by atoms with E-state index in [4.69, 9.17) is 0 Å². The lowest BCUT2D eigenvalue weighted by molar-refractivity contribution is 0.0698. The van der Waals surface area contributed by atoms with Crippen LogP contribution in [0.15, 0.2) is 60.7 Å². The summed E-state index contributed by atoms with van der Waals surface area (Å²) >= 11 is 0. The van der Waals surface area contributed by atoms with Crippen molar-refractivity contribution in [1.82, 2.24) is 0 Å². The topological polar surface area (TPSA) is 89.9 Å². The number of carboxylic acids is 1. The minimum Gasteiger partial charge on any atom is -0.507 e. The second-order valence-electron chi connectivity index (χ2n) is 8.14. The Labute approximate surface area is 187 Å². The highest BCUT2D eigenvalue weighted by molar-refractivity contribution is 6.10. The maximum Gasteiger partial charge on any atom is 0.337 e. The second-order valence-corrected chi connectivity index (χ2v) is 8.14. The summed E-state index contributed by atoms with van der Waals surface area (Å²) in [5.41, 5.74) is 3.96. The maximum absolute atomic E-state index is 13.1. The van der Waals surface area contributed by atoms with Crippen molar-refractivity contribution in [1.29, 1.82) is 0 Å². The van der Waals surface area contributed by atoms with Crippen LogP contribution in [0.2, 0.25) is 0 Å². The number of piperidine rings is 1. The Hall–Kier alpha value is -3.80. The number of nitrogens with zero attached hydrogens (tertiary/aromatic N) is 1. The molecular formula is C26H26N2O4. The predicted octanol–water partition coefficient (Wildman–Crippen LogP) is 5.31. The van der Waals surface area contributed by atoms with E-state index in [1.165, 1.54) is 18.6 Å². The van der Waals surface area contributed by atoms with E-state index in [0.717, 1.165) is 48.3 Å². The molecule has 0 atom stereocenters. The number of aryl methyl sites for hydroxylation is 1. The average molecular weight is 431 g/mol. The summed E-state index contributed by atoms with van der Waals surface area (Å²) < 4.78 is 0. The monoisotopic (exact) mass is 430 g/mol. The Bertz CT molecular complexity index is 1170. The molecule has 1 saturated heterocycles. The fraction of sp³-hybridized carbons (Fsp3) is 0.231.